The molecular weight excluding hydrogens is 232 g/mol. The maximum Gasteiger partial charge on any atom is 0.163 e. The highest BCUT2D eigenvalue weighted by Gasteiger charge is 2.30. The molecule has 0 spiro atoms. The number of hydrogen-bond donors (Lipinski definition) is 1. The first-order valence-electron chi connectivity index (χ1n) is 6.18. The van der Waals surface area contributed by atoms with E-state index in [0.29, 0.717) is 12.2 Å². The number of aliphatic hydroxyl groups is 1. The van der Waals surface area contributed by atoms with E-state index in [4.69, 9.17) is 13.9 Å². The van der Waals surface area contributed by atoms with Crippen LogP contribution in [-0.4, -0.2) is 24.1 Å². The summed E-state index contributed by atoms with van der Waals surface area (Å²) in [6, 6.07) is 3.70. The van der Waals surface area contributed by atoms with Crippen LogP contribution in [0.5, 0.6) is 0 Å². The molecule has 1 N–H and O–H groups in total. The first kappa shape index (κ1) is 13.2. The van der Waals surface area contributed by atoms with Gasteiger partial charge in [-0.05, 0) is 44.4 Å². The van der Waals surface area contributed by atoms with Crippen LogP contribution in [0.3, 0.4) is 0 Å². The first-order chi connectivity index (χ1) is 8.52. The van der Waals surface area contributed by atoms with Gasteiger partial charge in [0.15, 0.2) is 5.79 Å². The molecule has 1 saturated carbocycles. The Balaban J connectivity index is 2.10. The average Bonchev–Trinajstić information content (AvgIpc) is 3.06. The number of allylic oxidation sites excluding steroid dienone is 1. The second kappa shape index (κ2) is 5.16. The van der Waals surface area contributed by atoms with Gasteiger partial charge < -0.3 is 19.0 Å². The molecule has 4 nitrogen and oxygen atoms in total. The van der Waals surface area contributed by atoms with Crippen LogP contribution in [0.15, 0.2) is 34.1 Å². The van der Waals surface area contributed by atoms with E-state index in [1.165, 1.54) is 0 Å². The molecule has 1 aliphatic rings. The fourth-order valence-electron chi connectivity index (χ4n) is 1.74. The summed E-state index contributed by atoms with van der Waals surface area (Å²) in [5.41, 5.74) is 1.07. The summed E-state index contributed by atoms with van der Waals surface area (Å²) < 4.78 is 16.4. The molecule has 0 bridgehead atoms. The van der Waals surface area contributed by atoms with E-state index >= 15 is 0 Å². The molecule has 1 aromatic rings. The van der Waals surface area contributed by atoms with Gasteiger partial charge in [-0.25, -0.2) is 0 Å². The van der Waals surface area contributed by atoms with Crippen LogP contribution in [0.25, 0.3) is 0 Å². The first-order valence-corrected chi connectivity index (χ1v) is 6.18. The lowest BCUT2D eigenvalue weighted by atomic mass is 10.1. The van der Waals surface area contributed by atoms with Crippen molar-refractivity contribution in [2.45, 2.75) is 45.0 Å². The molecular formula is C14H20O4. The van der Waals surface area contributed by atoms with Gasteiger partial charge in [0.1, 0.15) is 17.6 Å². The molecule has 1 atom stereocenters. The summed E-state index contributed by atoms with van der Waals surface area (Å²) in [5.74, 6) is 0.386. The Labute approximate surface area is 107 Å². The van der Waals surface area contributed by atoms with Crippen LogP contribution in [0, 0.1) is 0 Å². The van der Waals surface area contributed by atoms with Gasteiger partial charge in [-0.3, -0.25) is 0 Å². The largest absolute Gasteiger partial charge is 0.510 e. The number of furan rings is 1. The quantitative estimate of drug-likeness (QED) is 0.624. The predicted octanol–water partition coefficient (Wildman–Crippen LogP) is 3.20. The smallest absolute Gasteiger partial charge is 0.163 e. The predicted molar refractivity (Wildman–Crippen MR) is 67.3 cm³/mol. The van der Waals surface area contributed by atoms with E-state index < -0.39 is 11.9 Å². The zero-order chi connectivity index (χ0) is 13.2. The van der Waals surface area contributed by atoms with Gasteiger partial charge in [0, 0.05) is 13.5 Å². The summed E-state index contributed by atoms with van der Waals surface area (Å²) in [4.78, 5) is 0. The second-order valence-electron chi connectivity index (χ2n) is 4.98. The Morgan fingerprint density at radius 3 is 2.72 bits per heavy atom. The Morgan fingerprint density at radius 1 is 1.50 bits per heavy atom. The molecule has 4 heteroatoms. The third-order valence-electron chi connectivity index (χ3n) is 3.05. The topological polar surface area (TPSA) is 51.8 Å². The van der Waals surface area contributed by atoms with Crippen molar-refractivity contribution < 1.29 is 19.0 Å². The van der Waals surface area contributed by atoms with Crippen molar-refractivity contribution in [3.05, 3.63) is 35.5 Å². The van der Waals surface area contributed by atoms with Gasteiger partial charge in [0.05, 0.1) is 6.26 Å². The van der Waals surface area contributed by atoms with E-state index in [2.05, 4.69) is 0 Å². The van der Waals surface area contributed by atoms with E-state index in [1.807, 2.05) is 26.0 Å². The van der Waals surface area contributed by atoms with Crippen molar-refractivity contribution >= 4 is 0 Å². The molecule has 0 amide bonds. The van der Waals surface area contributed by atoms with Crippen LogP contribution in [0.1, 0.15) is 32.4 Å². The third-order valence-corrected chi connectivity index (χ3v) is 3.05. The Morgan fingerprint density at radius 2 is 2.22 bits per heavy atom. The van der Waals surface area contributed by atoms with Crippen molar-refractivity contribution in [3.8, 4) is 0 Å². The summed E-state index contributed by atoms with van der Waals surface area (Å²) in [6.45, 7) is 3.65. The highest BCUT2D eigenvalue weighted by molar-refractivity contribution is 5.24. The van der Waals surface area contributed by atoms with E-state index in [1.54, 1.807) is 13.4 Å². The Bertz CT molecular complexity index is 411. The molecule has 1 fully saturated rings. The highest BCUT2D eigenvalue weighted by atomic mass is 16.7. The van der Waals surface area contributed by atoms with Gasteiger partial charge in [-0.15, -0.1) is 0 Å². The van der Waals surface area contributed by atoms with Gasteiger partial charge in [0.2, 0.25) is 0 Å². The lowest BCUT2D eigenvalue weighted by Gasteiger charge is -2.29. The maximum atomic E-state index is 10.2. The zero-order valence-electron chi connectivity index (χ0n) is 11.1. The molecule has 0 unspecified atom stereocenters. The van der Waals surface area contributed by atoms with Crippen molar-refractivity contribution in [3.63, 3.8) is 0 Å². The monoisotopic (exact) mass is 252 g/mol. The molecule has 0 aliphatic heterocycles. The minimum Gasteiger partial charge on any atom is -0.510 e. The standard InChI is InChI=1S/C14H20O4/c1-14(2,16-3)18-12(13(15)10-6-7-10)9-11-5-4-8-17-11/h4-5,8,12,15H,6-7,9H2,1-3H3/t12-/m1/s1. The van der Waals surface area contributed by atoms with Crippen LogP contribution < -0.4 is 0 Å². The normalized spacial score (nSPS) is 16.7. The molecule has 18 heavy (non-hydrogen) atoms. The molecule has 0 aromatic carbocycles. The van der Waals surface area contributed by atoms with Crippen LogP contribution >= 0.6 is 0 Å². The van der Waals surface area contributed by atoms with E-state index in [-0.39, 0.29) is 0 Å². The van der Waals surface area contributed by atoms with Gasteiger partial charge in [-0.1, -0.05) is 0 Å². The number of methoxy groups -OCH3 is 1. The van der Waals surface area contributed by atoms with Crippen LogP contribution in [0.2, 0.25) is 0 Å². The van der Waals surface area contributed by atoms with Crippen molar-refractivity contribution in [2.24, 2.45) is 0 Å². The molecule has 1 heterocycles. The van der Waals surface area contributed by atoms with E-state index in [9.17, 15) is 5.11 Å². The van der Waals surface area contributed by atoms with Gasteiger partial charge >= 0.3 is 0 Å². The molecule has 1 aliphatic carbocycles. The minimum absolute atomic E-state index is 0.330. The number of hydrogen-bond acceptors (Lipinski definition) is 4. The molecule has 1 aromatic heterocycles. The number of aliphatic hydroxyl groups excluding tert-OH is 1. The van der Waals surface area contributed by atoms with Crippen molar-refractivity contribution in [1.29, 1.82) is 0 Å². The summed E-state index contributed by atoms with van der Waals surface area (Å²) >= 11 is 0. The van der Waals surface area contributed by atoms with Crippen LogP contribution in [0.4, 0.5) is 0 Å². The molecule has 0 saturated heterocycles. The maximum absolute atomic E-state index is 10.2. The zero-order valence-corrected chi connectivity index (χ0v) is 11.1. The average molecular weight is 252 g/mol. The fourth-order valence-corrected chi connectivity index (χ4v) is 1.74. The fraction of sp³-hybridized carbons (Fsp3) is 0.571. The summed E-state index contributed by atoms with van der Waals surface area (Å²) in [7, 11) is 1.59. The van der Waals surface area contributed by atoms with E-state index in [0.717, 1.165) is 24.2 Å². The lowest BCUT2D eigenvalue weighted by Crippen LogP contribution is -2.34. The Hall–Kier alpha value is -1.26. The minimum atomic E-state index is -0.735. The summed E-state index contributed by atoms with van der Waals surface area (Å²) in [6.07, 6.45) is 3.63. The molecule has 0 radical (unpaired) electrons. The van der Waals surface area contributed by atoms with Crippen molar-refractivity contribution in [2.75, 3.05) is 7.11 Å². The van der Waals surface area contributed by atoms with Gasteiger partial charge in [0.25, 0.3) is 0 Å². The number of rotatable bonds is 6. The SMILES string of the molecule is COC(C)(C)O[C@H](Cc1ccco1)C(O)=C1CC1. The highest BCUT2D eigenvalue weighted by Crippen LogP contribution is 2.34. The van der Waals surface area contributed by atoms with Crippen LogP contribution in [-0.2, 0) is 15.9 Å². The lowest BCUT2D eigenvalue weighted by molar-refractivity contribution is -0.220. The number of ether oxygens (including phenoxy) is 2. The second-order valence-corrected chi connectivity index (χ2v) is 4.98. The molecule has 2 rings (SSSR count). The third kappa shape index (κ3) is 3.37. The van der Waals surface area contributed by atoms with Gasteiger partial charge in [-0.2, -0.15) is 0 Å². The molecule has 100 valence electrons. The Kier molecular flexibility index (Phi) is 3.78. The summed E-state index contributed by atoms with van der Waals surface area (Å²) in [5, 5.41) is 10.2. The van der Waals surface area contributed by atoms with Crippen molar-refractivity contribution in [1.82, 2.24) is 0 Å².